The molecule has 0 aliphatic carbocycles. The summed E-state index contributed by atoms with van der Waals surface area (Å²) in [5.74, 6) is 1.71. The summed E-state index contributed by atoms with van der Waals surface area (Å²) in [6.45, 7) is 0. The average molecular weight is 441 g/mol. The molecule has 0 unspecified atom stereocenters. The summed E-state index contributed by atoms with van der Waals surface area (Å²) in [7, 11) is 3.35. The first kappa shape index (κ1) is 23.2. The number of hydrogen-bond donors (Lipinski definition) is 0. The van der Waals surface area contributed by atoms with Gasteiger partial charge in [-0.1, -0.05) is 0 Å². The van der Waals surface area contributed by atoms with E-state index in [1.807, 2.05) is 48.5 Å². The standard InChI is InChI=1S/C24H22N2O2.2ClH/c1-27-23-7-3-21(4-8-23)25-15-11-19(12-16-25)20-13-17-26(18-14-20)22-5-9-24(28-2)10-6-22;;/h3-18H,1-2H3;2*1H/q+2;;/p-2. The number of halogens is 2. The van der Waals surface area contributed by atoms with Gasteiger partial charge in [0.15, 0.2) is 24.8 Å². The van der Waals surface area contributed by atoms with Gasteiger partial charge in [0.2, 0.25) is 11.4 Å². The molecule has 0 fully saturated rings. The Morgan fingerprint density at radius 2 is 0.767 bits per heavy atom. The van der Waals surface area contributed by atoms with Crippen LogP contribution in [0.3, 0.4) is 0 Å². The fourth-order valence-corrected chi connectivity index (χ4v) is 3.09. The molecular formula is C24H22Cl2N2O2. The number of methoxy groups -OCH3 is 2. The lowest BCUT2D eigenvalue weighted by Crippen LogP contribution is -3.00. The van der Waals surface area contributed by atoms with Crippen molar-refractivity contribution < 1.29 is 43.4 Å². The molecule has 4 rings (SSSR count). The lowest BCUT2D eigenvalue weighted by Gasteiger charge is -2.03. The van der Waals surface area contributed by atoms with E-state index in [1.165, 1.54) is 11.1 Å². The molecule has 0 amide bonds. The van der Waals surface area contributed by atoms with Gasteiger partial charge in [0.25, 0.3) is 0 Å². The van der Waals surface area contributed by atoms with Crippen LogP contribution in [0.5, 0.6) is 11.5 Å². The second-order valence-corrected chi connectivity index (χ2v) is 6.38. The topological polar surface area (TPSA) is 26.2 Å². The summed E-state index contributed by atoms with van der Waals surface area (Å²) in [6.07, 6.45) is 8.28. The maximum Gasteiger partial charge on any atom is 0.210 e. The first-order valence-electron chi connectivity index (χ1n) is 9.09. The second-order valence-electron chi connectivity index (χ2n) is 6.38. The summed E-state index contributed by atoms with van der Waals surface area (Å²) in [5, 5.41) is 0. The maximum atomic E-state index is 5.22. The van der Waals surface area contributed by atoms with E-state index in [0.717, 1.165) is 22.9 Å². The van der Waals surface area contributed by atoms with E-state index in [0.29, 0.717) is 0 Å². The molecule has 0 bridgehead atoms. The molecule has 4 aromatic rings. The van der Waals surface area contributed by atoms with E-state index in [4.69, 9.17) is 9.47 Å². The Labute approximate surface area is 189 Å². The van der Waals surface area contributed by atoms with Gasteiger partial charge in [0.1, 0.15) is 11.5 Å². The molecule has 0 saturated carbocycles. The minimum atomic E-state index is 0. The Hall–Kier alpha value is -3.08. The molecule has 0 atom stereocenters. The van der Waals surface area contributed by atoms with Gasteiger partial charge in [-0.05, 0) is 35.4 Å². The lowest BCUT2D eigenvalue weighted by molar-refractivity contribution is -0.596. The monoisotopic (exact) mass is 440 g/mol. The number of benzene rings is 2. The normalized spacial score (nSPS) is 9.80. The van der Waals surface area contributed by atoms with E-state index in [-0.39, 0.29) is 24.8 Å². The van der Waals surface area contributed by atoms with Crippen molar-refractivity contribution in [3.05, 3.63) is 97.6 Å². The third-order valence-corrected chi connectivity index (χ3v) is 4.73. The van der Waals surface area contributed by atoms with Crippen molar-refractivity contribution in [2.45, 2.75) is 0 Å². The van der Waals surface area contributed by atoms with Crippen molar-refractivity contribution in [2.24, 2.45) is 0 Å². The molecule has 4 nitrogen and oxygen atoms in total. The van der Waals surface area contributed by atoms with Crippen molar-refractivity contribution in [2.75, 3.05) is 14.2 Å². The molecule has 2 heterocycles. The Bertz CT molecular complexity index is 961. The van der Waals surface area contributed by atoms with Crippen LogP contribution in [0.2, 0.25) is 0 Å². The highest BCUT2D eigenvalue weighted by molar-refractivity contribution is 5.61. The van der Waals surface area contributed by atoms with Crippen molar-refractivity contribution >= 4 is 0 Å². The number of aromatic nitrogens is 2. The van der Waals surface area contributed by atoms with Gasteiger partial charge in [-0.15, -0.1) is 0 Å². The summed E-state index contributed by atoms with van der Waals surface area (Å²) in [6, 6.07) is 24.5. The van der Waals surface area contributed by atoms with E-state index in [1.54, 1.807) is 14.2 Å². The fraction of sp³-hybridized carbons (Fsp3) is 0.0833. The van der Waals surface area contributed by atoms with Crippen molar-refractivity contribution in [1.29, 1.82) is 0 Å². The van der Waals surface area contributed by atoms with Gasteiger partial charge in [-0.2, -0.15) is 9.13 Å². The van der Waals surface area contributed by atoms with E-state index in [9.17, 15) is 0 Å². The minimum Gasteiger partial charge on any atom is -1.00 e. The van der Waals surface area contributed by atoms with Gasteiger partial charge in [-0.3, -0.25) is 0 Å². The molecule has 0 aliphatic heterocycles. The number of hydrogen-bond acceptors (Lipinski definition) is 2. The van der Waals surface area contributed by atoms with Crippen molar-refractivity contribution in [1.82, 2.24) is 0 Å². The van der Waals surface area contributed by atoms with Crippen LogP contribution in [0.15, 0.2) is 97.6 Å². The van der Waals surface area contributed by atoms with Crippen LogP contribution in [-0.4, -0.2) is 14.2 Å². The highest BCUT2D eigenvalue weighted by Gasteiger charge is 2.09. The number of pyridine rings is 2. The molecule has 2 aromatic heterocycles. The van der Waals surface area contributed by atoms with Crippen LogP contribution in [0.4, 0.5) is 0 Å². The molecule has 0 saturated heterocycles. The zero-order chi connectivity index (χ0) is 19.3. The highest BCUT2D eigenvalue weighted by atomic mass is 35.5. The number of ether oxygens (including phenoxy) is 2. The highest BCUT2D eigenvalue weighted by Crippen LogP contribution is 2.18. The fourth-order valence-electron chi connectivity index (χ4n) is 3.09. The average Bonchev–Trinajstić information content (AvgIpc) is 2.79. The molecule has 30 heavy (non-hydrogen) atoms. The molecule has 2 aromatic carbocycles. The first-order chi connectivity index (χ1) is 13.8. The molecule has 0 radical (unpaired) electrons. The van der Waals surface area contributed by atoms with Crippen LogP contribution < -0.4 is 43.4 Å². The summed E-state index contributed by atoms with van der Waals surface area (Å²) >= 11 is 0. The lowest BCUT2D eigenvalue weighted by atomic mass is 10.1. The quantitative estimate of drug-likeness (QED) is 0.333. The van der Waals surface area contributed by atoms with Crippen molar-refractivity contribution in [3.63, 3.8) is 0 Å². The summed E-state index contributed by atoms with van der Waals surface area (Å²) < 4.78 is 14.6. The predicted molar refractivity (Wildman–Crippen MR) is 108 cm³/mol. The van der Waals surface area contributed by atoms with Crippen LogP contribution in [0.25, 0.3) is 22.5 Å². The Kier molecular flexibility index (Phi) is 8.22. The molecular weight excluding hydrogens is 419 g/mol. The van der Waals surface area contributed by atoms with Gasteiger partial charge in [0, 0.05) is 48.5 Å². The van der Waals surface area contributed by atoms with E-state index >= 15 is 0 Å². The number of rotatable bonds is 5. The second kappa shape index (κ2) is 10.6. The van der Waals surface area contributed by atoms with Crippen LogP contribution in [-0.2, 0) is 0 Å². The van der Waals surface area contributed by atoms with E-state index < -0.39 is 0 Å². The maximum absolute atomic E-state index is 5.22. The molecule has 0 spiro atoms. The smallest absolute Gasteiger partial charge is 0.210 e. The Morgan fingerprint density at radius 3 is 1.03 bits per heavy atom. The zero-order valence-electron chi connectivity index (χ0n) is 16.7. The molecule has 154 valence electrons. The largest absolute Gasteiger partial charge is 1.00 e. The van der Waals surface area contributed by atoms with E-state index in [2.05, 4.69) is 58.2 Å². The first-order valence-corrected chi connectivity index (χ1v) is 9.09. The molecule has 0 aliphatic rings. The molecule has 0 N–H and O–H groups in total. The van der Waals surface area contributed by atoms with Crippen molar-refractivity contribution in [3.8, 4) is 34.0 Å². The minimum absolute atomic E-state index is 0. The van der Waals surface area contributed by atoms with Gasteiger partial charge in [-0.25, -0.2) is 0 Å². The SMILES string of the molecule is COc1ccc(-[n+]2ccc(-c3cc[n+](-c4ccc(OC)cc4)cc3)cc2)cc1.[Cl-].[Cl-]. The Morgan fingerprint density at radius 1 is 0.467 bits per heavy atom. The third kappa shape index (κ3) is 5.09. The third-order valence-electron chi connectivity index (χ3n) is 4.73. The summed E-state index contributed by atoms with van der Waals surface area (Å²) in [4.78, 5) is 0. The van der Waals surface area contributed by atoms with Gasteiger partial charge < -0.3 is 34.3 Å². The van der Waals surface area contributed by atoms with Gasteiger partial charge >= 0.3 is 0 Å². The predicted octanol–water partition coefficient (Wildman–Crippen LogP) is -2.07. The van der Waals surface area contributed by atoms with Crippen LogP contribution in [0, 0.1) is 0 Å². The van der Waals surface area contributed by atoms with Crippen LogP contribution in [0.1, 0.15) is 0 Å². The summed E-state index contributed by atoms with van der Waals surface area (Å²) in [5.41, 5.74) is 4.54. The van der Waals surface area contributed by atoms with Gasteiger partial charge in [0.05, 0.1) is 14.2 Å². The van der Waals surface area contributed by atoms with Crippen LogP contribution >= 0.6 is 0 Å². The molecule has 6 heteroatoms. The number of nitrogens with zero attached hydrogens (tertiary/aromatic N) is 2. The Balaban J connectivity index is 0.00000160. The zero-order valence-corrected chi connectivity index (χ0v) is 18.2.